The van der Waals surface area contributed by atoms with Gasteiger partial charge in [0.2, 0.25) is 10.0 Å². The van der Waals surface area contributed by atoms with Crippen LogP contribution >= 0.6 is 0 Å². The lowest BCUT2D eigenvalue weighted by Gasteiger charge is -2.25. The van der Waals surface area contributed by atoms with Crippen LogP contribution in [0.1, 0.15) is 27.3 Å². The SMILES string of the molecule is Cc1ccc2cc(Cc3cc(C(=O)NCC4=CC5C=CN=C(N)C5C=C4)ccn3)cc(S(N)(=O)=O)c2n1. The van der Waals surface area contributed by atoms with E-state index in [1.807, 2.05) is 36.4 Å². The fraction of sp³-hybridized carbons (Fsp3) is 0.185. The number of carbonyl (C=O) groups is 1. The predicted octanol–water partition coefficient (Wildman–Crippen LogP) is 2.52. The van der Waals surface area contributed by atoms with Crippen LogP contribution in [0, 0.1) is 18.8 Å². The van der Waals surface area contributed by atoms with Crippen molar-refractivity contribution in [1.29, 1.82) is 0 Å². The fourth-order valence-corrected chi connectivity index (χ4v) is 5.30. The minimum Gasteiger partial charge on any atom is -0.387 e. The maximum Gasteiger partial charge on any atom is 0.251 e. The molecule has 1 aromatic carbocycles. The number of amidine groups is 1. The summed E-state index contributed by atoms with van der Waals surface area (Å²) in [6.07, 6.45) is 11.6. The number of aromatic nitrogens is 2. The van der Waals surface area contributed by atoms with Crippen molar-refractivity contribution in [1.82, 2.24) is 15.3 Å². The summed E-state index contributed by atoms with van der Waals surface area (Å²) in [4.78, 5) is 25.7. The molecule has 5 N–H and O–H groups in total. The Bertz CT molecular complexity index is 1640. The first-order valence-electron chi connectivity index (χ1n) is 11.7. The number of sulfonamides is 1. The quantitative estimate of drug-likeness (QED) is 0.459. The second-order valence-corrected chi connectivity index (χ2v) is 10.7. The smallest absolute Gasteiger partial charge is 0.251 e. The van der Waals surface area contributed by atoms with Crippen LogP contribution in [-0.2, 0) is 16.4 Å². The summed E-state index contributed by atoms with van der Waals surface area (Å²) < 4.78 is 24.5. The molecule has 1 aliphatic heterocycles. The molecule has 2 atom stereocenters. The monoisotopic (exact) mass is 514 g/mol. The highest BCUT2D eigenvalue weighted by atomic mass is 32.2. The van der Waals surface area contributed by atoms with E-state index >= 15 is 0 Å². The van der Waals surface area contributed by atoms with Crippen molar-refractivity contribution in [2.45, 2.75) is 18.2 Å². The third-order valence-electron chi connectivity index (χ3n) is 6.39. The second kappa shape index (κ2) is 9.72. The number of benzene rings is 1. The molecule has 2 aliphatic rings. The van der Waals surface area contributed by atoms with Crippen molar-refractivity contribution in [2.24, 2.45) is 27.7 Å². The fourth-order valence-electron chi connectivity index (χ4n) is 4.55. The number of nitrogens with zero attached hydrogens (tertiary/aromatic N) is 3. The molecule has 9 nitrogen and oxygen atoms in total. The molecule has 0 bridgehead atoms. The van der Waals surface area contributed by atoms with Crippen LogP contribution < -0.4 is 16.2 Å². The summed E-state index contributed by atoms with van der Waals surface area (Å²) in [7, 11) is -3.99. The van der Waals surface area contributed by atoms with Crippen LogP contribution in [-0.4, -0.2) is 36.7 Å². The van der Waals surface area contributed by atoms with Gasteiger partial charge in [-0.15, -0.1) is 0 Å². The number of primary sulfonamides is 1. The highest BCUT2D eigenvalue weighted by molar-refractivity contribution is 7.89. The Labute approximate surface area is 214 Å². The van der Waals surface area contributed by atoms with E-state index in [1.54, 1.807) is 31.5 Å². The Morgan fingerprint density at radius 3 is 2.78 bits per heavy atom. The second-order valence-electron chi connectivity index (χ2n) is 9.16. The summed E-state index contributed by atoms with van der Waals surface area (Å²) in [5, 5.41) is 9.09. The number of hydrogen-bond donors (Lipinski definition) is 3. The summed E-state index contributed by atoms with van der Waals surface area (Å²) in [5.41, 5.74) is 9.76. The molecule has 0 spiro atoms. The highest BCUT2D eigenvalue weighted by Crippen LogP contribution is 2.27. The van der Waals surface area contributed by atoms with Crippen LogP contribution in [0.25, 0.3) is 10.9 Å². The molecule has 2 unspecified atom stereocenters. The van der Waals surface area contributed by atoms with Gasteiger partial charge in [0.05, 0.1) is 5.52 Å². The molecule has 5 rings (SSSR count). The summed E-state index contributed by atoms with van der Waals surface area (Å²) in [5.74, 6) is 0.534. The van der Waals surface area contributed by atoms with Crippen LogP contribution in [0.15, 0.2) is 88.6 Å². The Balaban J connectivity index is 1.32. The van der Waals surface area contributed by atoms with Crippen molar-refractivity contribution in [3.05, 3.63) is 101 Å². The van der Waals surface area contributed by atoms with E-state index < -0.39 is 10.0 Å². The molecule has 37 heavy (non-hydrogen) atoms. The number of nitrogens with one attached hydrogen (secondary N) is 1. The van der Waals surface area contributed by atoms with Crippen molar-refractivity contribution < 1.29 is 13.2 Å². The molecule has 3 aromatic rings. The average molecular weight is 515 g/mol. The zero-order valence-electron chi connectivity index (χ0n) is 20.1. The zero-order valence-corrected chi connectivity index (χ0v) is 20.9. The van der Waals surface area contributed by atoms with Gasteiger partial charge in [0.1, 0.15) is 10.7 Å². The summed E-state index contributed by atoms with van der Waals surface area (Å²) >= 11 is 0. The molecule has 3 heterocycles. The number of amides is 1. The molecule has 1 aliphatic carbocycles. The van der Waals surface area contributed by atoms with E-state index in [0.717, 1.165) is 5.57 Å². The number of fused-ring (bicyclic) bond motifs is 2. The van der Waals surface area contributed by atoms with Crippen molar-refractivity contribution in [3.63, 3.8) is 0 Å². The number of aryl methyl sites for hydroxylation is 1. The van der Waals surface area contributed by atoms with Gasteiger partial charge in [-0.05, 0) is 48.4 Å². The third-order valence-corrected chi connectivity index (χ3v) is 7.32. The van der Waals surface area contributed by atoms with Crippen LogP contribution in [0.2, 0.25) is 0 Å². The third kappa shape index (κ3) is 5.35. The minimum atomic E-state index is -3.99. The molecule has 0 fully saturated rings. The lowest BCUT2D eigenvalue weighted by atomic mass is 9.84. The van der Waals surface area contributed by atoms with Crippen LogP contribution in [0.4, 0.5) is 0 Å². The Kier molecular flexibility index (Phi) is 6.45. The summed E-state index contributed by atoms with van der Waals surface area (Å²) in [6, 6.07) is 10.3. The predicted molar refractivity (Wildman–Crippen MR) is 142 cm³/mol. The van der Waals surface area contributed by atoms with Gasteiger partial charge in [0.25, 0.3) is 5.91 Å². The lowest BCUT2D eigenvalue weighted by molar-refractivity contribution is 0.0957. The first-order chi connectivity index (χ1) is 17.7. The van der Waals surface area contributed by atoms with E-state index in [1.165, 1.54) is 6.07 Å². The molecule has 188 valence electrons. The van der Waals surface area contributed by atoms with Crippen molar-refractivity contribution >= 4 is 32.7 Å². The van der Waals surface area contributed by atoms with Crippen LogP contribution in [0.3, 0.4) is 0 Å². The van der Waals surface area contributed by atoms with Gasteiger partial charge in [-0.3, -0.25) is 14.8 Å². The number of nitrogens with two attached hydrogens (primary N) is 2. The van der Waals surface area contributed by atoms with Gasteiger partial charge in [-0.1, -0.05) is 30.4 Å². The first-order valence-corrected chi connectivity index (χ1v) is 13.3. The number of pyridine rings is 2. The topological polar surface area (TPSA) is 153 Å². The summed E-state index contributed by atoms with van der Waals surface area (Å²) in [6.45, 7) is 2.16. The van der Waals surface area contributed by atoms with E-state index in [4.69, 9.17) is 10.9 Å². The molecular formula is C27H26N6O3S. The largest absolute Gasteiger partial charge is 0.387 e. The molecule has 0 radical (unpaired) electrons. The maximum absolute atomic E-state index is 12.9. The Morgan fingerprint density at radius 1 is 1.14 bits per heavy atom. The van der Waals surface area contributed by atoms with Gasteiger partial charge >= 0.3 is 0 Å². The standard InChI is InChI=1S/C27H26N6O3S/c1-16-2-4-20-11-18(13-24(25(20)33-16)37(29,35)36)12-22-14-21(7-8-30-22)27(34)32-15-17-3-5-23-19(10-17)6-9-31-26(23)28/h2-11,13-14,19,23H,12,15H2,1H3,(H2,28,31)(H,32,34)(H2,29,35,36). The highest BCUT2D eigenvalue weighted by Gasteiger charge is 2.24. The van der Waals surface area contributed by atoms with E-state index in [2.05, 4.69) is 26.4 Å². The zero-order chi connectivity index (χ0) is 26.2. The van der Waals surface area contributed by atoms with E-state index in [0.29, 0.717) is 52.2 Å². The lowest BCUT2D eigenvalue weighted by Crippen LogP contribution is -2.32. The van der Waals surface area contributed by atoms with Crippen molar-refractivity contribution in [3.8, 4) is 0 Å². The minimum absolute atomic E-state index is 0.0329. The first kappa shape index (κ1) is 24.5. The van der Waals surface area contributed by atoms with Crippen LogP contribution in [0.5, 0.6) is 0 Å². The maximum atomic E-state index is 12.9. The Hall–Kier alpha value is -4.15. The number of hydrogen-bond acceptors (Lipinski definition) is 7. The number of allylic oxidation sites excluding steroid dienone is 2. The van der Waals surface area contributed by atoms with E-state index in [-0.39, 0.29) is 22.6 Å². The van der Waals surface area contributed by atoms with Gasteiger partial charge < -0.3 is 11.1 Å². The van der Waals surface area contributed by atoms with Gasteiger partial charge in [-0.2, -0.15) is 0 Å². The molecule has 0 saturated heterocycles. The molecule has 2 aromatic heterocycles. The number of carbonyl (C=O) groups excluding carboxylic acids is 1. The molecule has 10 heteroatoms. The van der Waals surface area contributed by atoms with Gasteiger partial charge in [0.15, 0.2) is 0 Å². The van der Waals surface area contributed by atoms with Gasteiger partial charge in [-0.25, -0.2) is 18.5 Å². The number of aliphatic imine (C=N–C) groups is 1. The van der Waals surface area contributed by atoms with Gasteiger partial charge in [0, 0.05) is 59.5 Å². The Morgan fingerprint density at radius 2 is 1.97 bits per heavy atom. The molecule has 0 saturated carbocycles. The van der Waals surface area contributed by atoms with E-state index in [9.17, 15) is 13.2 Å². The van der Waals surface area contributed by atoms with Crippen molar-refractivity contribution in [2.75, 3.05) is 6.54 Å². The molecular weight excluding hydrogens is 488 g/mol. The average Bonchev–Trinajstić information content (AvgIpc) is 2.86. The molecule has 1 amide bonds. The number of rotatable bonds is 6. The normalized spacial score (nSPS) is 18.8.